The molecule has 0 unspecified atom stereocenters. The summed E-state index contributed by atoms with van der Waals surface area (Å²) in [5.74, 6) is 0. The number of nitrogens with zero attached hydrogens (tertiary/aromatic N) is 1. The van der Waals surface area contributed by atoms with Gasteiger partial charge >= 0.3 is 0 Å². The predicted octanol–water partition coefficient (Wildman–Crippen LogP) is 3.95. The van der Waals surface area contributed by atoms with Crippen LogP contribution in [0.3, 0.4) is 0 Å². The molecule has 1 aliphatic rings. The van der Waals surface area contributed by atoms with Gasteiger partial charge in [-0.1, -0.05) is 32.9 Å². The molecule has 0 N–H and O–H groups in total. The average molecular weight is 201 g/mol. The van der Waals surface area contributed by atoms with Gasteiger partial charge in [0.15, 0.2) is 0 Å². The van der Waals surface area contributed by atoms with Crippen LogP contribution in [0.2, 0.25) is 0 Å². The predicted molar refractivity (Wildman–Crippen MR) is 64.8 cm³/mol. The van der Waals surface area contributed by atoms with Gasteiger partial charge in [0, 0.05) is 11.6 Å². The Kier molecular flexibility index (Phi) is 2.64. The van der Waals surface area contributed by atoms with E-state index in [0.717, 1.165) is 6.42 Å². The molecule has 0 atom stereocenters. The second kappa shape index (κ2) is 3.80. The number of pyridine rings is 1. The second-order valence-electron chi connectivity index (χ2n) is 4.29. The van der Waals surface area contributed by atoms with Crippen molar-refractivity contribution in [3.63, 3.8) is 0 Å². The summed E-state index contributed by atoms with van der Waals surface area (Å²) in [6.07, 6.45) is 7.79. The molecule has 0 saturated heterocycles. The molecule has 0 amide bonds. The Labute approximate surface area is 92.2 Å². The van der Waals surface area contributed by atoms with Gasteiger partial charge in [0.25, 0.3) is 0 Å². The minimum absolute atomic E-state index is 0.259. The molecule has 0 spiro atoms. The summed E-state index contributed by atoms with van der Waals surface area (Å²) in [4.78, 5) is 4.53. The Bertz CT molecular complexity index is 386. The summed E-state index contributed by atoms with van der Waals surface area (Å²) in [5, 5.41) is 0. The first kappa shape index (κ1) is 10.4. The lowest BCUT2D eigenvalue weighted by Gasteiger charge is -2.25. The maximum atomic E-state index is 4.53. The van der Waals surface area contributed by atoms with Gasteiger partial charge < -0.3 is 0 Å². The highest BCUT2D eigenvalue weighted by molar-refractivity contribution is 5.73. The van der Waals surface area contributed by atoms with Crippen molar-refractivity contribution in [2.24, 2.45) is 0 Å². The normalized spacial score (nSPS) is 17.4. The molecule has 1 nitrogen and oxygen atoms in total. The maximum Gasteiger partial charge on any atom is 0.0699 e. The van der Waals surface area contributed by atoms with E-state index >= 15 is 0 Å². The molecule has 15 heavy (non-hydrogen) atoms. The molecule has 0 saturated carbocycles. The smallest absolute Gasteiger partial charge is 0.0699 e. The number of rotatable bonds is 3. The van der Waals surface area contributed by atoms with Crippen LogP contribution >= 0.6 is 0 Å². The van der Waals surface area contributed by atoms with E-state index in [1.807, 2.05) is 6.20 Å². The summed E-state index contributed by atoms with van der Waals surface area (Å²) >= 11 is 0. The maximum absolute atomic E-state index is 4.53. The topological polar surface area (TPSA) is 12.9 Å². The molecule has 1 heteroatoms. The van der Waals surface area contributed by atoms with Crippen LogP contribution in [0.1, 0.15) is 51.3 Å². The molecule has 1 heterocycles. The molecule has 0 radical (unpaired) electrons. The number of aromatic nitrogens is 1. The number of hydrogen-bond acceptors (Lipinski definition) is 1. The van der Waals surface area contributed by atoms with Gasteiger partial charge in [0.1, 0.15) is 0 Å². The van der Waals surface area contributed by atoms with E-state index in [0.29, 0.717) is 0 Å². The highest BCUT2D eigenvalue weighted by Crippen LogP contribution is 2.44. The molecule has 0 fully saturated rings. The third-order valence-corrected chi connectivity index (χ3v) is 3.74. The van der Waals surface area contributed by atoms with E-state index in [1.165, 1.54) is 29.7 Å². The molecule has 80 valence electrons. The van der Waals surface area contributed by atoms with Crippen LogP contribution < -0.4 is 0 Å². The van der Waals surface area contributed by atoms with E-state index < -0.39 is 0 Å². The third kappa shape index (κ3) is 1.41. The fourth-order valence-corrected chi connectivity index (χ4v) is 2.65. The van der Waals surface area contributed by atoms with Gasteiger partial charge in [-0.25, -0.2) is 0 Å². The first-order valence-corrected chi connectivity index (χ1v) is 5.95. The molecular formula is C14H19N. The van der Waals surface area contributed by atoms with Crippen molar-refractivity contribution in [3.05, 3.63) is 35.7 Å². The molecule has 1 aromatic heterocycles. The summed E-state index contributed by atoms with van der Waals surface area (Å²) in [7, 11) is 0. The second-order valence-corrected chi connectivity index (χ2v) is 4.29. The van der Waals surface area contributed by atoms with E-state index in [1.54, 1.807) is 0 Å². The molecule has 0 aliphatic heterocycles. The SMILES string of the molecule is CCC1=CC(CC)(CC)c2cccnc21. The molecule has 0 bridgehead atoms. The zero-order chi connectivity index (χ0) is 10.9. The van der Waals surface area contributed by atoms with Crippen LogP contribution in [0.15, 0.2) is 24.4 Å². The van der Waals surface area contributed by atoms with E-state index in [9.17, 15) is 0 Å². The Morgan fingerprint density at radius 3 is 2.53 bits per heavy atom. The molecule has 0 aromatic carbocycles. The standard InChI is InChI=1S/C14H19N/c1-4-11-10-14(5-2,6-3)12-8-7-9-15-13(11)12/h7-10H,4-6H2,1-3H3. The van der Waals surface area contributed by atoms with Crippen LogP contribution in [-0.2, 0) is 5.41 Å². The largest absolute Gasteiger partial charge is 0.256 e. The fraction of sp³-hybridized carbons (Fsp3) is 0.500. The van der Waals surface area contributed by atoms with Crippen LogP contribution in [0, 0.1) is 0 Å². The summed E-state index contributed by atoms with van der Waals surface area (Å²) in [6, 6.07) is 4.31. The lowest BCUT2D eigenvalue weighted by molar-refractivity contribution is 0.504. The third-order valence-electron chi connectivity index (χ3n) is 3.74. The van der Waals surface area contributed by atoms with Crippen LogP contribution in [0.25, 0.3) is 5.57 Å². The zero-order valence-corrected chi connectivity index (χ0v) is 9.88. The van der Waals surface area contributed by atoms with Crippen LogP contribution in [0.5, 0.6) is 0 Å². The van der Waals surface area contributed by atoms with Gasteiger partial charge in [-0.3, -0.25) is 4.98 Å². The van der Waals surface area contributed by atoms with Crippen molar-refractivity contribution in [3.8, 4) is 0 Å². The highest BCUT2D eigenvalue weighted by atomic mass is 14.7. The number of allylic oxidation sites excluding steroid dienone is 2. The Balaban J connectivity index is 2.59. The van der Waals surface area contributed by atoms with Crippen molar-refractivity contribution >= 4 is 5.57 Å². The highest BCUT2D eigenvalue weighted by Gasteiger charge is 2.34. The van der Waals surface area contributed by atoms with E-state index in [2.05, 4.69) is 44.0 Å². The van der Waals surface area contributed by atoms with Gasteiger partial charge in [-0.15, -0.1) is 0 Å². The first-order chi connectivity index (χ1) is 7.27. The summed E-state index contributed by atoms with van der Waals surface area (Å²) < 4.78 is 0. The number of fused-ring (bicyclic) bond motifs is 1. The van der Waals surface area contributed by atoms with E-state index in [-0.39, 0.29) is 5.41 Å². The zero-order valence-electron chi connectivity index (χ0n) is 9.88. The van der Waals surface area contributed by atoms with Crippen LogP contribution in [-0.4, -0.2) is 4.98 Å². The lowest BCUT2D eigenvalue weighted by atomic mass is 9.79. The summed E-state index contributed by atoms with van der Waals surface area (Å²) in [6.45, 7) is 6.76. The summed E-state index contributed by atoms with van der Waals surface area (Å²) in [5.41, 5.74) is 4.36. The van der Waals surface area contributed by atoms with Crippen molar-refractivity contribution in [2.75, 3.05) is 0 Å². The van der Waals surface area contributed by atoms with Gasteiger partial charge in [0.05, 0.1) is 5.69 Å². The first-order valence-electron chi connectivity index (χ1n) is 5.95. The Hall–Kier alpha value is -1.11. The van der Waals surface area contributed by atoms with E-state index in [4.69, 9.17) is 0 Å². The average Bonchev–Trinajstić information content (AvgIpc) is 2.64. The van der Waals surface area contributed by atoms with Crippen LogP contribution in [0.4, 0.5) is 0 Å². The van der Waals surface area contributed by atoms with Crippen molar-refractivity contribution in [1.82, 2.24) is 4.98 Å². The fourth-order valence-electron chi connectivity index (χ4n) is 2.65. The lowest BCUT2D eigenvalue weighted by Crippen LogP contribution is -2.19. The monoisotopic (exact) mass is 201 g/mol. The van der Waals surface area contributed by atoms with Crippen molar-refractivity contribution in [2.45, 2.75) is 45.4 Å². The van der Waals surface area contributed by atoms with Gasteiger partial charge in [0.2, 0.25) is 0 Å². The van der Waals surface area contributed by atoms with Crippen molar-refractivity contribution in [1.29, 1.82) is 0 Å². The quantitative estimate of drug-likeness (QED) is 0.721. The van der Waals surface area contributed by atoms with Crippen molar-refractivity contribution < 1.29 is 0 Å². The minimum Gasteiger partial charge on any atom is -0.256 e. The molecule has 1 aromatic rings. The molecule has 2 rings (SSSR count). The van der Waals surface area contributed by atoms with Gasteiger partial charge in [-0.2, -0.15) is 0 Å². The Morgan fingerprint density at radius 2 is 1.93 bits per heavy atom. The molecular weight excluding hydrogens is 182 g/mol. The number of hydrogen-bond donors (Lipinski definition) is 0. The Morgan fingerprint density at radius 1 is 1.20 bits per heavy atom. The molecule has 1 aliphatic carbocycles. The van der Waals surface area contributed by atoms with Gasteiger partial charge in [-0.05, 0) is 36.5 Å². The minimum atomic E-state index is 0.259.